The van der Waals surface area contributed by atoms with E-state index in [9.17, 15) is 13.2 Å². The van der Waals surface area contributed by atoms with Crippen molar-refractivity contribution in [1.29, 1.82) is 0 Å². The van der Waals surface area contributed by atoms with Gasteiger partial charge in [0, 0.05) is 12.6 Å². The number of nitrogens with zero attached hydrogens (tertiary/aromatic N) is 4. The minimum absolute atomic E-state index is 0.139. The Bertz CT molecular complexity index is 1050. The zero-order chi connectivity index (χ0) is 19.0. The van der Waals surface area contributed by atoms with Gasteiger partial charge >= 0.3 is 6.18 Å². The lowest BCUT2D eigenvalue weighted by Gasteiger charge is -2.08. The summed E-state index contributed by atoms with van der Waals surface area (Å²) in [5, 5.41) is 7.73. The molecule has 0 spiro atoms. The van der Waals surface area contributed by atoms with Gasteiger partial charge in [0.05, 0.1) is 10.2 Å². The molecule has 27 heavy (non-hydrogen) atoms. The van der Waals surface area contributed by atoms with Crippen molar-refractivity contribution in [2.45, 2.75) is 12.8 Å². The van der Waals surface area contributed by atoms with E-state index < -0.39 is 12.0 Å². The van der Waals surface area contributed by atoms with Crippen LogP contribution < -0.4 is 4.74 Å². The number of ether oxygens (including phenoxy) is 1. The van der Waals surface area contributed by atoms with Crippen molar-refractivity contribution < 1.29 is 17.9 Å². The second-order valence-corrected chi connectivity index (χ2v) is 6.91. The van der Waals surface area contributed by atoms with Crippen LogP contribution in [0.25, 0.3) is 21.6 Å². The summed E-state index contributed by atoms with van der Waals surface area (Å²) in [5.74, 6) is -0.301. The highest BCUT2D eigenvalue weighted by atomic mass is 32.1. The number of rotatable bonds is 4. The van der Waals surface area contributed by atoms with Crippen molar-refractivity contribution in [3.63, 3.8) is 0 Å². The molecular weight excluding hydrogens is 377 g/mol. The molecule has 5 nitrogen and oxygen atoms in total. The summed E-state index contributed by atoms with van der Waals surface area (Å²) in [5.41, 5.74) is 1.45. The fourth-order valence-electron chi connectivity index (χ4n) is 2.65. The molecule has 0 saturated carbocycles. The Morgan fingerprint density at radius 3 is 2.44 bits per heavy atom. The summed E-state index contributed by atoms with van der Waals surface area (Å²) in [6.45, 7) is 0.320. The lowest BCUT2D eigenvalue weighted by molar-refractivity contribution is -0.146. The average Bonchev–Trinajstić information content (AvgIpc) is 3.23. The summed E-state index contributed by atoms with van der Waals surface area (Å²) < 4.78 is 46.2. The topological polar surface area (TPSA) is 52.8 Å². The average molecular weight is 390 g/mol. The molecule has 0 aliphatic carbocycles. The highest BCUT2D eigenvalue weighted by molar-refractivity contribution is 7.18. The predicted molar refractivity (Wildman–Crippen MR) is 95.4 cm³/mol. The predicted octanol–water partition coefficient (Wildman–Crippen LogP) is 4.69. The first-order valence-electron chi connectivity index (χ1n) is 7.96. The Hall–Kier alpha value is -2.94. The second-order valence-electron chi connectivity index (χ2n) is 5.79. The molecule has 2 aromatic carbocycles. The number of alkyl halides is 3. The fourth-order valence-corrected chi connectivity index (χ4v) is 3.53. The van der Waals surface area contributed by atoms with Gasteiger partial charge in [0.15, 0.2) is 5.82 Å². The number of para-hydroxylation sites is 1. The zero-order valence-corrected chi connectivity index (χ0v) is 14.9. The monoisotopic (exact) mass is 390 g/mol. The molecule has 0 fully saturated rings. The van der Waals surface area contributed by atoms with Crippen LogP contribution in [-0.2, 0) is 19.8 Å². The quantitative estimate of drug-likeness (QED) is 0.507. The van der Waals surface area contributed by atoms with Gasteiger partial charge in [0.25, 0.3) is 0 Å². The minimum Gasteiger partial charge on any atom is -0.486 e. The molecule has 2 aromatic heterocycles. The van der Waals surface area contributed by atoms with Crippen LogP contribution in [0.3, 0.4) is 0 Å². The molecule has 2 heterocycles. The highest BCUT2D eigenvalue weighted by Gasteiger charge is 2.37. The van der Waals surface area contributed by atoms with E-state index in [1.165, 1.54) is 7.05 Å². The van der Waals surface area contributed by atoms with Crippen molar-refractivity contribution in [2.75, 3.05) is 0 Å². The molecular formula is C18H13F3N4OS. The SMILES string of the molecule is Cn1c(-c2ccc(OCc3nc4ccccc4s3)cc2)nnc1C(F)(F)F. The second kappa shape index (κ2) is 6.66. The van der Waals surface area contributed by atoms with E-state index in [2.05, 4.69) is 15.2 Å². The molecule has 9 heteroatoms. The number of halogens is 3. The first kappa shape index (κ1) is 17.5. The summed E-state index contributed by atoms with van der Waals surface area (Å²) >= 11 is 1.56. The fraction of sp³-hybridized carbons (Fsp3) is 0.167. The van der Waals surface area contributed by atoms with Crippen LogP contribution in [-0.4, -0.2) is 19.7 Å². The van der Waals surface area contributed by atoms with Gasteiger partial charge in [-0.1, -0.05) is 12.1 Å². The molecule has 0 N–H and O–H groups in total. The highest BCUT2D eigenvalue weighted by Crippen LogP contribution is 2.30. The molecule has 0 unspecified atom stereocenters. The van der Waals surface area contributed by atoms with Crippen molar-refractivity contribution in [3.8, 4) is 17.1 Å². The normalized spacial score (nSPS) is 11.9. The lowest BCUT2D eigenvalue weighted by Crippen LogP contribution is -2.13. The minimum atomic E-state index is -4.54. The van der Waals surface area contributed by atoms with Crippen molar-refractivity contribution in [2.24, 2.45) is 7.05 Å². The van der Waals surface area contributed by atoms with Crippen LogP contribution in [0, 0.1) is 0 Å². The lowest BCUT2D eigenvalue weighted by atomic mass is 10.2. The third kappa shape index (κ3) is 3.50. The Balaban J connectivity index is 1.48. The van der Waals surface area contributed by atoms with E-state index in [-0.39, 0.29) is 5.82 Å². The van der Waals surface area contributed by atoms with Crippen molar-refractivity contribution in [1.82, 2.24) is 19.7 Å². The van der Waals surface area contributed by atoms with Crippen LogP contribution in [0.5, 0.6) is 5.75 Å². The summed E-state index contributed by atoms with van der Waals surface area (Å²) in [6.07, 6.45) is -4.54. The maximum Gasteiger partial charge on any atom is 0.451 e. The number of hydrogen-bond donors (Lipinski definition) is 0. The Labute approximate surface area is 156 Å². The zero-order valence-electron chi connectivity index (χ0n) is 14.1. The Kier molecular flexibility index (Phi) is 4.31. The van der Waals surface area contributed by atoms with Gasteiger partial charge in [-0.2, -0.15) is 13.2 Å². The molecule has 0 aliphatic heterocycles. The van der Waals surface area contributed by atoms with Gasteiger partial charge in [-0.25, -0.2) is 4.98 Å². The van der Waals surface area contributed by atoms with Gasteiger partial charge in [0.2, 0.25) is 5.82 Å². The number of thiazole rings is 1. The number of benzene rings is 2. The number of fused-ring (bicyclic) bond motifs is 1. The molecule has 0 atom stereocenters. The first-order chi connectivity index (χ1) is 12.9. The third-order valence-electron chi connectivity index (χ3n) is 3.94. The maximum atomic E-state index is 12.8. The summed E-state index contributed by atoms with van der Waals surface area (Å²) in [6, 6.07) is 14.5. The smallest absolute Gasteiger partial charge is 0.451 e. The Morgan fingerprint density at radius 1 is 1.04 bits per heavy atom. The van der Waals surface area contributed by atoms with E-state index in [0.29, 0.717) is 17.9 Å². The van der Waals surface area contributed by atoms with Crippen LogP contribution in [0.4, 0.5) is 13.2 Å². The van der Waals surface area contributed by atoms with E-state index in [1.54, 1.807) is 35.6 Å². The van der Waals surface area contributed by atoms with Gasteiger partial charge in [-0.05, 0) is 36.4 Å². The molecule has 0 saturated heterocycles. The third-order valence-corrected chi connectivity index (χ3v) is 4.95. The van der Waals surface area contributed by atoms with Crippen LogP contribution in [0.2, 0.25) is 0 Å². The van der Waals surface area contributed by atoms with Crippen molar-refractivity contribution >= 4 is 21.6 Å². The van der Waals surface area contributed by atoms with Crippen LogP contribution >= 0.6 is 11.3 Å². The Morgan fingerprint density at radius 2 is 1.78 bits per heavy atom. The van der Waals surface area contributed by atoms with Gasteiger partial charge in [-0.15, -0.1) is 21.5 Å². The van der Waals surface area contributed by atoms with E-state index in [1.807, 2.05) is 24.3 Å². The number of aromatic nitrogens is 4. The molecule has 138 valence electrons. The molecule has 0 radical (unpaired) electrons. The van der Waals surface area contributed by atoms with Gasteiger partial charge in [-0.3, -0.25) is 0 Å². The van der Waals surface area contributed by atoms with Gasteiger partial charge in [0.1, 0.15) is 17.4 Å². The van der Waals surface area contributed by atoms with E-state index >= 15 is 0 Å². The standard InChI is InChI=1S/C18H13F3N4OS/c1-25-16(23-24-17(25)18(19,20)21)11-6-8-12(9-7-11)26-10-15-22-13-4-2-3-5-14(13)27-15/h2-9H,10H2,1H3. The molecule has 0 bridgehead atoms. The summed E-state index contributed by atoms with van der Waals surface area (Å²) in [7, 11) is 1.29. The van der Waals surface area contributed by atoms with Crippen LogP contribution in [0.15, 0.2) is 48.5 Å². The van der Waals surface area contributed by atoms with Gasteiger partial charge < -0.3 is 9.30 Å². The largest absolute Gasteiger partial charge is 0.486 e. The van der Waals surface area contributed by atoms with E-state index in [0.717, 1.165) is 19.8 Å². The van der Waals surface area contributed by atoms with Crippen LogP contribution in [0.1, 0.15) is 10.8 Å². The molecule has 0 amide bonds. The molecule has 0 aliphatic rings. The maximum absolute atomic E-state index is 12.8. The van der Waals surface area contributed by atoms with Crippen molar-refractivity contribution in [3.05, 3.63) is 59.4 Å². The first-order valence-corrected chi connectivity index (χ1v) is 8.78. The molecule has 4 rings (SSSR count). The summed E-state index contributed by atoms with van der Waals surface area (Å²) in [4.78, 5) is 4.50. The number of hydrogen-bond acceptors (Lipinski definition) is 5. The molecule has 4 aromatic rings. The van der Waals surface area contributed by atoms with E-state index in [4.69, 9.17) is 4.74 Å².